The van der Waals surface area contributed by atoms with Crippen molar-refractivity contribution in [1.29, 1.82) is 0 Å². The van der Waals surface area contributed by atoms with Crippen LogP contribution in [0.5, 0.6) is 0 Å². The van der Waals surface area contributed by atoms with Gasteiger partial charge in [0.1, 0.15) is 5.65 Å². The number of ether oxygens (including phenoxy) is 1. The molecule has 1 saturated carbocycles. The number of H-pyrrole nitrogens is 1. The number of alkyl carbamates (subject to hydrolysis) is 1. The zero-order valence-electron chi connectivity index (χ0n) is 16.9. The quantitative estimate of drug-likeness (QED) is 0.536. The molecular weight excluding hydrogens is 441 g/mol. The normalized spacial score (nSPS) is 18.1. The number of hydrogen-bond acceptors (Lipinski definition) is 6. The molecule has 8 nitrogen and oxygen atoms in total. The molecule has 0 radical (unpaired) electrons. The lowest BCUT2D eigenvalue weighted by Gasteiger charge is -2.29. The number of methoxy groups -OCH3 is 1. The lowest BCUT2D eigenvalue weighted by atomic mass is 9.91. The van der Waals surface area contributed by atoms with E-state index < -0.39 is 6.09 Å². The second kappa shape index (κ2) is 9.98. The fraction of sp³-hybridized carbons (Fsp3) is 0.333. The van der Waals surface area contributed by atoms with E-state index in [-0.39, 0.29) is 30.0 Å². The largest absolute Gasteiger partial charge is 0.453 e. The summed E-state index contributed by atoms with van der Waals surface area (Å²) in [4.78, 5) is 35.6. The minimum Gasteiger partial charge on any atom is -0.453 e. The summed E-state index contributed by atoms with van der Waals surface area (Å²) in [5.41, 5.74) is 1.36. The van der Waals surface area contributed by atoms with Crippen LogP contribution < -0.4 is 16.2 Å². The van der Waals surface area contributed by atoms with Crippen LogP contribution >= 0.6 is 24.0 Å². The van der Waals surface area contributed by atoms with Crippen LogP contribution in [0, 0.1) is 0 Å². The van der Waals surface area contributed by atoms with Crippen molar-refractivity contribution in [2.45, 2.75) is 37.8 Å². The lowest BCUT2D eigenvalue weighted by molar-refractivity contribution is 0.162. The third-order valence-corrected chi connectivity index (χ3v) is 5.65. The Balaban J connectivity index is 0.00000272. The monoisotopic (exact) mass is 463 g/mol. The molecule has 0 atom stereocenters. The number of amides is 1. The van der Waals surface area contributed by atoms with Gasteiger partial charge >= 0.3 is 6.09 Å². The van der Waals surface area contributed by atoms with Crippen molar-refractivity contribution in [1.82, 2.24) is 20.3 Å². The first-order valence-corrected chi connectivity index (χ1v) is 10.2. The summed E-state index contributed by atoms with van der Waals surface area (Å²) in [6.07, 6.45) is 4.72. The van der Waals surface area contributed by atoms with E-state index in [0.717, 1.165) is 31.1 Å². The van der Waals surface area contributed by atoms with E-state index in [9.17, 15) is 9.59 Å². The second-order valence-corrected chi connectivity index (χ2v) is 7.73. The van der Waals surface area contributed by atoms with Crippen molar-refractivity contribution in [3.63, 3.8) is 0 Å². The van der Waals surface area contributed by atoms with E-state index >= 15 is 0 Å². The third kappa shape index (κ3) is 5.26. The Morgan fingerprint density at radius 2 is 1.87 bits per heavy atom. The molecule has 0 aliphatic heterocycles. The molecule has 1 amide bonds. The summed E-state index contributed by atoms with van der Waals surface area (Å²) in [6, 6.07) is 9.29. The average Bonchev–Trinajstić information content (AvgIpc) is 2.75. The molecule has 1 fully saturated rings. The van der Waals surface area contributed by atoms with Crippen LogP contribution in [-0.2, 0) is 4.74 Å². The summed E-state index contributed by atoms with van der Waals surface area (Å²) < 4.78 is 4.65. The number of pyridine rings is 1. The average molecular weight is 464 g/mol. The fourth-order valence-electron chi connectivity index (χ4n) is 3.73. The Morgan fingerprint density at radius 1 is 1.16 bits per heavy atom. The van der Waals surface area contributed by atoms with E-state index in [4.69, 9.17) is 11.6 Å². The highest BCUT2D eigenvalue weighted by atomic mass is 35.5. The van der Waals surface area contributed by atoms with Gasteiger partial charge in [0.25, 0.3) is 5.56 Å². The van der Waals surface area contributed by atoms with E-state index in [1.807, 2.05) is 12.1 Å². The van der Waals surface area contributed by atoms with Crippen LogP contribution in [-0.4, -0.2) is 40.2 Å². The predicted molar refractivity (Wildman–Crippen MR) is 123 cm³/mol. The van der Waals surface area contributed by atoms with Crippen LogP contribution in [0.4, 0.5) is 10.7 Å². The Hall–Kier alpha value is -2.84. The number of rotatable bonds is 4. The van der Waals surface area contributed by atoms with Gasteiger partial charge in [0, 0.05) is 39.8 Å². The zero-order valence-corrected chi connectivity index (χ0v) is 18.4. The molecule has 0 unspecified atom stereocenters. The van der Waals surface area contributed by atoms with Crippen molar-refractivity contribution in [2.75, 3.05) is 12.4 Å². The summed E-state index contributed by atoms with van der Waals surface area (Å²) >= 11 is 6.24. The number of aromatic nitrogens is 3. The van der Waals surface area contributed by atoms with Gasteiger partial charge < -0.3 is 20.4 Å². The number of halogens is 2. The summed E-state index contributed by atoms with van der Waals surface area (Å²) in [5, 5.41) is 7.40. The highest BCUT2D eigenvalue weighted by Gasteiger charge is 2.23. The molecule has 31 heavy (non-hydrogen) atoms. The number of carbonyl (C=O) groups is 1. The number of aromatic amines is 1. The second-order valence-electron chi connectivity index (χ2n) is 7.32. The molecular formula is C21H23Cl2N5O3. The van der Waals surface area contributed by atoms with Crippen LogP contribution in [0.25, 0.3) is 22.2 Å². The first kappa shape index (κ1) is 22.8. The van der Waals surface area contributed by atoms with E-state index in [2.05, 4.69) is 30.3 Å². The minimum absolute atomic E-state index is 0. The number of fused-ring (bicyclic) bond motifs is 1. The standard InChI is InChI=1S/C21H22ClN5O3.ClH/c1-30-21(29)25-14-8-6-13(7-9-14)24-20-23-11-12-10-16(19(28)26-18(12)27-20)15-4-2-3-5-17(15)22;/h2-5,10-11,13-14H,6-9H2,1H3,(H,25,29)(H2,23,24,26,27,28);1H. The van der Waals surface area contributed by atoms with Gasteiger partial charge in [-0.2, -0.15) is 4.98 Å². The van der Waals surface area contributed by atoms with Crippen molar-refractivity contribution in [2.24, 2.45) is 0 Å². The molecule has 0 saturated heterocycles. The molecule has 2 heterocycles. The minimum atomic E-state index is -0.399. The lowest BCUT2D eigenvalue weighted by Crippen LogP contribution is -2.40. The molecule has 3 N–H and O–H groups in total. The van der Waals surface area contributed by atoms with Crippen molar-refractivity contribution in [3.8, 4) is 11.1 Å². The van der Waals surface area contributed by atoms with Crippen LogP contribution in [0.2, 0.25) is 5.02 Å². The van der Waals surface area contributed by atoms with Gasteiger partial charge in [-0.1, -0.05) is 29.8 Å². The third-order valence-electron chi connectivity index (χ3n) is 5.33. The molecule has 4 rings (SSSR count). The number of benzene rings is 1. The number of carbonyl (C=O) groups excluding carboxylic acids is 1. The molecule has 0 bridgehead atoms. The van der Waals surface area contributed by atoms with Crippen molar-refractivity contribution >= 4 is 47.1 Å². The van der Waals surface area contributed by atoms with Gasteiger partial charge in [-0.15, -0.1) is 12.4 Å². The van der Waals surface area contributed by atoms with Crippen molar-refractivity contribution < 1.29 is 9.53 Å². The predicted octanol–water partition coefficient (Wildman–Crippen LogP) is 4.14. The molecule has 0 spiro atoms. The van der Waals surface area contributed by atoms with E-state index in [1.165, 1.54) is 7.11 Å². The topological polar surface area (TPSA) is 109 Å². The van der Waals surface area contributed by atoms with Crippen LogP contribution in [0.15, 0.2) is 41.3 Å². The van der Waals surface area contributed by atoms with Gasteiger partial charge in [0.05, 0.1) is 7.11 Å². The van der Waals surface area contributed by atoms with Gasteiger partial charge in [-0.25, -0.2) is 9.78 Å². The first-order chi connectivity index (χ1) is 14.5. The maximum Gasteiger partial charge on any atom is 0.407 e. The Labute approximate surface area is 190 Å². The molecule has 10 heteroatoms. The highest BCUT2D eigenvalue weighted by molar-refractivity contribution is 6.33. The maximum absolute atomic E-state index is 12.6. The van der Waals surface area contributed by atoms with Gasteiger partial charge in [0.15, 0.2) is 0 Å². The van der Waals surface area contributed by atoms with Crippen LogP contribution in [0.1, 0.15) is 25.7 Å². The Kier molecular flexibility index (Phi) is 7.35. The fourth-order valence-corrected chi connectivity index (χ4v) is 3.97. The van der Waals surface area contributed by atoms with Crippen LogP contribution in [0.3, 0.4) is 0 Å². The molecule has 3 aromatic rings. The molecule has 164 valence electrons. The van der Waals surface area contributed by atoms with Gasteiger partial charge in [0.2, 0.25) is 5.95 Å². The number of anilines is 1. The van der Waals surface area contributed by atoms with Gasteiger partial charge in [-0.3, -0.25) is 4.79 Å². The van der Waals surface area contributed by atoms with Gasteiger partial charge in [-0.05, 0) is 37.8 Å². The highest BCUT2D eigenvalue weighted by Crippen LogP contribution is 2.27. The van der Waals surface area contributed by atoms with E-state index in [1.54, 1.807) is 24.4 Å². The maximum atomic E-state index is 12.6. The van der Waals surface area contributed by atoms with Crippen molar-refractivity contribution in [3.05, 3.63) is 51.9 Å². The molecule has 1 aliphatic carbocycles. The molecule has 2 aromatic heterocycles. The first-order valence-electron chi connectivity index (χ1n) is 9.79. The number of nitrogens with zero attached hydrogens (tertiary/aromatic N) is 2. The zero-order chi connectivity index (χ0) is 21.1. The summed E-state index contributed by atoms with van der Waals surface area (Å²) in [7, 11) is 1.36. The summed E-state index contributed by atoms with van der Waals surface area (Å²) in [5.74, 6) is 0.466. The molecule has 1 aliphatic rings. The molecule has 1 aromatic carbocycles. The smallest absolute Gasteiger partial charge is 0.407 e. The number of nitrogens with one attached hydrogen (secondary N) is 3. The number of hydrogen-bond donors (Lipinski definition) is 3. The Morgan fingerprint density at radius 3 is 2.58 bits per heavy atom. The van der Waals surface area contributed by atoms with E-state index in [0.29, 0.717) is 27.7 Å². The SMILES string of the molecule is COC(=O)NC1CCC(Nc2ncc3cc(-c4ccccc4Cl)c(=O)[nH]c3n2)CC1.Cl. The summed E-state index contributed by atoms with van der Waals surface area (Å²) in [6.45, 7) is 0. The Bertz CT molecular complexity index is 1130.